The van der Waals surface area contributed by atoms with Gasteiger partial charge in [0.2, 0.25) is 5.91 Å². The molecule has 28 heavy (non-hydrogen) atoms. The first-order chi connectivity index (χ1) is 13.5. The first-order valence-corrected chi connectivity index (χ1v) is 9.77. The lowest BCUT2D eigenvalue weighted by molar-refractivity contribution is -0.123. The Kier molecular flexibility index (Phi) is 5.20. The van der Waals surface area contributed by atoms with Gasteiger partial charge in [0.05, 0.1) is 31.6 Å². The summed E-state index contributed by atoms with van der Waals surface area (Å²) in [6.45, 7) is 2.65. The second kappa shape index (κ2) is 7.78. The van der Waals surface area contributed by atoms with Crippen LogP contribution in [-0.4, -0.2) is 24.6 Å². The predicted octanol–water partition coefficient (Wildman–Crippen LogP) is 4.00. The van der Waals surface area contributed by atoms with Gasteiger partial charge in [-0.25, -0.2) is 4.39 Å². The van der Waals surface area contributed by atoms with Gasteiger partial charge in [0.15, 0.2) is 0 Å². The molecule has 2 fully saturated rings. The quantitative estimate of drug-likeness (QED) is 0.747. The van der Waals surface area contributed by atoms with Crippen molar-refractivity contribution in [3.8, 4) is 11.5 Å². The van der Waals surface area contributed by atoms with E-state index in [0.717, 1.165) is 18.1 Å². The number of carbonyl (C=O) groups is 1. The lowest BCUT2D eigenvalue weighted by Gasteiger charge is -2.14. The van der Waals surface area contributed by atoms with Crippen molar-refractivity contribution in [1.29, 1.82) is 0 Å². The fourth-order valence-electron chi connectivity index (χ4n) is 3.39. The third-order valence-corrected chi connectivity index (χ3v) is 5.48. The number of amides is 1. The Balaban J connectivity index is 1.31. The highest BCUT2D eigenvalue weighted by Gasteiger charge is 2.45. The van der Waals surface area contributed by atoms with Crippen molar-refractivity contribution in [3.63, 3.8) is 0 Å². The number of hydrogen-bond acceptors (Lipinski definition) is 4. The maximum atomic E-state index is 14.2. The van der Waals surface area contributed by atoms with E-state index in [9.17, 15) is 9.18 Å². The summed E-state index contributed by atoms with van der Waals surface area (Å²) in [5.74, 6) is 1.26. The summed E-state index contributed by atoms with van der Waals surface area (Å²) in [7, 11) is 1.50. The molecule has 0 spiro atoms. The molecule has 1 aromatic heterocycles. The van der Waals surface area contributed by atoms with Crippen molar-refractivity contribution in [2.45, 2.75) is 38.1 Å². The fourth-order valence-corrected chi connectivity index (χ4v) is 3.39. The summed E-state index contributed by atoms with van der Waals surface area (Å²) in [4.78, 5) is 17.0. The van der Waals surface area contributed by atoms with E-state index in [1.807, 2.05) is 19.1 Å². The van der Waals surface area contributed by atoms with Crippen molar-refractivity contribution in [3.05, 3.63) is 53.6 Å². The average Bonchev–Trinajstić information content (AvgIpc) is 3.61. The highest BCUT2D eigenvalue weighted by Crippen LogP contribution is 2.49. The van der Waals surface area contributed by atoms with Crippen LogP contribution in [0, 0.1) is 17.7 Å². The minimum atomic E-state index is -0.323. The van der Waals surface area contributed by atoms with Gasteiger partial charge in [0.1, 0.15) is 17.3 Å². The molecule has 148 valence electrons. The van der Waals surface area contributed by atoms with E-state index in [1.54, 1.807) is 18.3 Å². The van der Waals surface area contributed by atoms with Gasteiger partial charge < -0.3 is 14.8 Å². The van der Waals surface area contributed by atoms with Crippen LogP contribution in [0.1, 0.15) is 49.4 Å². The smallest absolute Gasteiger partial charge is 0.224 e. The van der Waals surface area contributed by atoms with E-state index in [4.69, 9.17) is 9.47 Å². The fraction of sp³-hybridized carbons (Fsp3) is 0.455. The Bertz CT molecular complexity index is 851. The van der Waals surface area contributed by atoms with Crippen molar-refractivity contribution in [2.75, 3.05) is 13.7 Å². The largest absolute Gasteiger partial charge is 0.497 e. The van der Waals surface area contributed by atoms with Crippen LogP contribution >= 0.6 is 0 Å². The summed E-state index contributed by atoms with van der Waals surface area (Å²) >= 11 is 0. The molecule has 0 bridgehead atoms. The Hall–Kier alpha value is -2.63. The van der Waals surface area contributed by atoms with Crippen LogP contribution in [0.5, 0.6) is 11.5 Å². The monoisotopic (exact) mass is 384 g/mol. The molecule has 0 saturated heterocycles. The van der Waals surface area contributed by atoms with Crippen LogP contribution in [0.15, 0.2) is 36.5 Å². The van der Waals surface area contributed by atoms with Gasteiger partial charge in [-0.05, 0) is 61.8 Å². The zero-order valence-corrected chi connectivity index (χ0v) is 16.2. The first kappa shape index (κ1) is 18.7. The third kappa shape index (κ3) is 4.26. The predicted molar refractivity (Wildman–Crippen MR) is 103 cm³/mol. The molecule has 6 heteroatoms. The van der Waals surface area contributed by atoms with Gasteiger partial charge in [0.25, 0.3) is 0 Å². The second-order valence-electron chi connectivity index (χ2n) is 7.74. The molecule has 3 atom stereocenters. The number of benzene rings is 1. The van der Waals surface area contributed by atoms with Crippen LogP contribution in [-0.2, 0) is 4.79 Å². The van der Waals surface area contributed by atoms with Crippen LogP contribution < -0.4 is 14.8 Å². The van der Waals surface area contributed by atoms with Crippen molar-refractivity contribution < 1.29 is 18.7 Å². The number of rotatable bonds is 8. The first-order valence-electron chi connectivity index (χ1n) is 9.77. The number of carbonyl (C=O) groups excluding carboxylic acids is 1. The number of nitrogens with one attached hydrogen (secondary N) is 1. The summed E-state index contributed by atoms with van der Waals surface area (Å²) in [5.41, 5.74) is 1.35. The molecule has 1 amide bonds. The van der Waals surface area contributed by atoms with Gasteiger partial charge >= 0.3 is 0 Å². The van der Waals surface area contributed by atoms with Gasteiger partial charge in [0, 0.05) is 12.0 Å². The summed E-state index contributed by atoms with van der Waals surface area (Å²) in [5, 5.41) is 2.99. The Morgan fingerprint density at radius 3 is 2.71 bits per heavy atom. The van der Waals surface area contributed by atoms with Gasteiger partial charge in [-0.3, -0.25) is 9.78 Å². The highest BCUT2D eigenvalue weighted by atomic mass is 19.1. The van der Waals surface area contributed by atoms with Crippen LogP contribution in [0.2, 0.25) is 0 Å². The number of ether oxygens (including phenoxy) is 2. The zero-order valence-electron chi connectivity index (χ0n) is 16.2. The van der Waals surface area contributed by atoms with Gasteiger partial charge in [-0.2, -0.15) is 0 Å². The third-order valence-electron chi connectivity index (χ3n) is 5.48. The molecule has 4 rings (SSSR count). The van der Waals surface area contributed by atoms with Crippen molar-refractivity contribution >= 4 is 5.91 Å². The van der Waals surface area contributed by atoms with Crippen LogP contribution in [0.4, 0.5) is 4.39 Å². The summed E-state index contributed by atoms with van der Waals surface area (Å²) < 4.78 is 24.9. The van der Waals surface area contributed by atoms with E-state index in [-0.39, 0.29) is 29.6 Å². The maximum absolute atomic E-state index is 14.2. The van der Waals surface area contributed by atoms with Gasteiger partial charge in [-0.1, -0.05) is 6.07 Å². The van der Waals surface area contributed by atoms with E-state index in [0.29, 0.717) is 23.7 Å². The lowest BCUT2D eigenvalue weighted by atomic mass is 10.1. The molecule has 5 nitrogen and oxygen atoms in total. The maximum Gasteiger partial charge on any atom is 0.224 e. The molecule has 1 aromatic carbocycles. The Morgan fingerprint density at radius 1 is 1.29 bits per heavy atom. The number of nitrogens with zero attached hydrogens (tertiary/aromatic N) is 1. The lowest BCUT2D eigenvalue weighted by Crippen LogP contribution is -2.29. The minimum absolute atomic E-state index is 0.0661. The molecule has 2 aliphatic rings. The molecular formula is C22H25FN2O3. The van der Waals surface area contributed by atoms with Crippen molar-refractivity contribution in [2.24, 2.45) is 11.8 Å². The topological polar surface area (TPSA) is 60.5 Å². The van der Waals surface area contributed by atoms with Crippen molar-refractivity contribution in [1.82, 2.24) is 10.3 Å². The number of halogens is 1. The van der Waals surface area contributed by atoms with E-state index >= 15 is 0 Å². The Labute approximate surface area is 164 Å². The highest BCUT2D eigenvalue weighted by molar-refractivity contribution is 5.83. The summed E-state index contributed by atoms with van der Waals surface area (Å²) in [6.07, 6.45) is 4.85. The second-order valence-corrected chi connectivity index (χ2v) is 7.74. The molecule has 1 N–H and O–H groups in total. The normalized spacial score (nSPS) is 21.7. The molecule has 0 radical (unpaired) electrons. The number of hydrogen-bond donors (Lipinski definition) is 1. The average molecular weight is 384 g/mol. The molecule has 2 saturated carbocycles. The molecule has 2 aromatic rings. The zero-order chi connectivity index (χ0) is 19.7. The van der Waals surface area contributed by atoms with Crippen LogP contribution in [0.25, 0.3) is 0 Å². The summed E-state index contributed by atoms with van der Waals surface area (Å²) in [6, 6.07) is 8.35. The standard InChI is InChI=1S/C22H25FN2O3/c1-13(21-8-6-16(11-24-21)28-12-14-3-4-14)25-22(26)19-10-18(19)17-7-5-15(27-2)9-20(17)23/h5-9,11,13-14,18-19H,3-4,10,12H2,1-2H3,(H,25,26)/t13?,18-,19+/m1/s1. The SMILES string of the molecule is COc1ccc([C@H]2C[C@@H]2C(=O)NC(C)c2ccc(OCC3CC3)cn2)c(F)c1. The number of methoxy groups -OCH3 is 1. The molecule has 2 aliphatic carbocycles. The van der Waals surface area contributed by atoms with E-state index < -0.39 is 0 Å². The van der Waals surface area contributed by atoms with Crippen LogP contribution in [0.3, 0.4) is 0 Å². The molecule has 0 aliphatic heterocycles. The van der Waals surface area contributed by atoms with Gasteiger partial charge in [-0.15, -0.1) is 0 Å². The number of aromatic nitrogens is 1. The molecule has 1 unspecified atom stereocenters. The molecule has 1 heterocycles. The van der Waals surface area contributed by atoms with E-state index in [2.05, 4.69) is 10.3 Å². The van der Waals surface area contributed by atoms with E-state index in [1.165, 1.54) is 26.0 Å². The molecular weight excluding hydrogens is 359 g/mol. The minimum Gasteiger partial charge on any atom is -0.497 e. The Morgan fingerprint density at radius 2 is 2.07 bits per heavy atom. The number of pyridine rings is 1.